The van der Waals surface area contributed by atoms with Crippen LogP contribution < -0.4 is 16.4 Å². The number of rotatable bonds is 9. The van der Waals surface area contributed by atoms with E-state index in [2.05, 4.69) is 56.5 Å². The van der Waals surface area contributed by atoms with Crippen molar-refractivity contribution < 1.29 is 34.8 Å². The van der Waals surface area contributed by atoms with Crippen LogP contribution >= 0.6 is 0 Å². The lowest BCUT2D eigenvalue weighted by Crippen LogP contribution is -2.54. The highest BCUT2D eigenvalue weighted by Crippen LogP contribution is 2.65. The van der Waals surface area contributed by atoms with E-state index in [0.717, 1.165) is 84.0 Å². The molecule has 7 rings (SSSR count). The average molecular weight is 857 g/mol. The minimum Gasteiger partial charge on any atom is -0.396 e. The third-order valence-corrected chi connectivity index (χ3v) is 18.1. The summed E-state index contributed by atoms with van der Waals surface area (Å²) < 4.78 is 4.94. The van der Waals surface area contributed by atoms with Crippen molar-refractivity contribution in [3.63, 3.8) is 0 Å². The van der Waals surface area contributed by atoms with E-state index in [1.165, 1.54) is 49.3 Å². The third-order valence-electron chi connectivity index (χ3n) is 18.1. The van der Waals surface area contributed by atoms with Gasteiger partial charge in [-0.1, -0.05) is 52.0 Å². The maximum atomic E-state index is 12.1. The number of nitrogens with zero attached hydrogens (tertiary/aromatic N) is 1. The molecule has 350 valence electrons. The number of urea groups is 1. The summed E-state index contributed by atoms with van der Waals surface area (Å²) in [5.74, 6) is 3.45. The van der Waals surface area contributed by atoms with Gasteiger partial charge in [-0.05, 0) is 192 Å². The quantitative estimate of drug-likeness (QED) is 0.0698. The summed E-state index contributed by atoms with van der Waals surface area (Å²) >= 11 is 0. The number of ether oxygens (including phenoxy) is 1. The molecule has 11 heteroatoms. The van der Waals surface area contributed by atoms with Crippen LogP contribution in [0.15, 0.2) is 29.3 Å². The number of allylic oxidation sites excluding steroid dienone is 2. The summed E-state index contributed by atoms with van der Waals surface area (Å²) in [5, 5.41) is 46.3. The van der Waals surface area contributed by atoms with Crippen molar-refractivity contribution in [2.75, 3.05) is 52.6 Å². The van der Waals surface area contributed by atoms with E-state index in [1.54, 1.807) is 6.92 Å². The Kier molecular flexibility index (Phi) is 19.6. The second-order valence-electron chi connectivity index (χ2n) is 20.9. The van der Waals surface area contributed by atoms with E-state index in [-0.39, 0.29) is 64.9 Å². The number of amides is 2. The Hall–Kier alpha value is -2.11. The Balaban J connectivity index is 0.000000221. The summed E-state index contributed by atoms with van der Waals surface area (Å²) in [7, 11) is 0. The van der Waals surface area contributed by atoms with Gasteiger partial charge in [0.05, 0.1) is 12.2 Å². The molecule has 0 aromatic rings. The molecule has 1 aliphatic heterocycles. The number of isocyanates is 1. The van der Waals surface area contributed by atoms with Gasteiger partial charge in [-0.25, -0.2) is 14.6 Å². The van der Waals surface area contributed by atoms with Gasteiger partial charge in [0.1, 0.15) is 0 Å². The lowest BCUT2D eigenvalue weighted by molar-refractivity contribution is -0.0927. The van der Waals surface area contributed by atoms with Crippen molar-refractivity contribution in [3.8, 4) is 0 Å². The predicted octanol–water partition coefficient (Wildman–Crippen LogP) is 7.71. The molecule has 1 heterocycles. The first-order valence-corrected chi connectivity index (χ1v) is 24.3. The molecule has 8 N–H and O–H groups in total. The molecule has 1 saturated heterocycles. The Morgan fingerprint density at radius 3 is 1.61 bits per heavy atom. The largest absolute Gasteiger partial charge is 0.396 e. The number of carbonyl (C=O) groups excluding carboxylic acids is 2. The molecule has 11 nitrogen and oxygen atoms in total. The van der Waals surface area contributed by atoms with Crippen LogP contribution in [-0.4, -0.2) is 97.4 Å². The number of fused-ring (bicyclic) bond motifs is 2. The Morgan fingerprint density at radius 2 is 1.23 bits per heavy atom. The van der Waals surface area contributed by atoms with Crippen molar-refractivity contribution in [2.24, 2.45) is 79.7 Å². The van der Waals surface area contributed by atoms with Crippen LogP contribution in [0.4, 0.5) is 4.79 Å². The zero-order valence-electron chi connectivity index (χ0n) is 39.2. The molecule has 0 aromatic heterocycles. The first kappa shape index (κ1) is 51.5. The number of aliphatic hydroxyl groups is 4. The van der Waals surface area contributed by atoms with Crippen LogP contribution in [0.25, 0.3) is 0 Å². The maximum absolute atomic E-state index is 12.1. The molecule has 7 aliphatic rings. The smallest absolute Gasteiger partial charge is 0.314 e. The highest BCUT2D eigenvalue weighted by Gasteiger charge is 2.58. The Labute approximate surface area is 369 Å². The Bertz CT molecular complexity index is 1460. The highest BCUT2D eigenvalue weighted by atomic mass is 16.5. The minimum atomic E-state index is -0.294. The van der Waals surface area contributed by atoms with Crippen molar-refractivity contribution in [1.29, 1.82) is 0 Å². The molecule has 7 fully saturated rings. The molecule has 0 radical (unpaired) electrons. The zero-order chi connectivity index (χ0) is 45.0. The van der Waals surface area contributed by atoms with E-state index in [9.17, 15) is 25.2 Å². The van der Waals surface area contributed by atoms with Crippen LogP contribution in [-0.2, 0) is 9.53 Å². The number of hydrogen-bond donors (Lipinski definition) is 7. The van der Waals surface area contributed by atoms with Crippen LogP contribution in [0.2, 0.25) is 0 Å². The average Bonchev–Trinajstić information content (AvgIpc) is 4.00. The molecular formula is C50H88N4O7. The number of carbonyl (C=O) groups is 1. The monoisotopic (exact) mass is 857 g/mol. The van der Waals surface area contributed by atoms with Crippen molar-refractivity contribution in [1.82, 2.24) is 10.6 Å². The number of aliphatic hydroxyl groups excluding tert-OH is 4. The molecule has 0 unspecified atom stereocenters. The molecule has 0 bridgehead atoms. The van der Waals surface area contributed by atoms with E-state index in [1.807, 2.05) is 6.92 Å². The van der Waals surface area contributed by atoms with Gasteiger partial charge in [-0.15, -0.1) is 0 Å². The maximum Gasteiger partial charge on any atom is 0.314 e. The number of hydrogen-bond acceptors (Lipinski definition) is 9. The van der Waals surface area contributed by atoms with Gasteiger partial charge in [-0.3, -0.25) is 0 Å². The summed E-state index contributed by atoms with van der Waals surface area (Å²) in [4.78, 5) is 24.4. The van der Waals surface area contributed by atoms with E-state index in [4.69, 9.17) is 15.3 Å². The van der Waals surface area contributed by atoms with Crippen LogP contribution in [0.3, 0.4) is 0 Å². The second kappa shape index (κ2) is 23.2. The third kappa shape index (κ3) is 11.6. The number of nitrogens with two attached hydrogens (primary N) is 1. The fraction of sp³-hybridized carbons (Fsp3) is 0.880. The summed E-state index contributed by atoms with van der Waals surface area (Å²) in [6.45, 7) is 26.9. The molecule has 14 atom stereocenters. The van der Waals surface area contributed by atoms with Crippen molar-refractivity contribution in [2.45, 2.75) is 156 Å². The molecule has 6 aliphatic carbocycles. The topological polar surface area (TPSA) is 187 Å². The minimum absolute atomic E-state index is 0.00676. The van der Waals surface area contributed by atoms with E-state index < -0.39 is 0 Å². The van der Waals surface area contributed by atoms with Gasteiger partial charge in [0.2, 0.25) is 6.08 Å². The second-order valence-corrected chi connectivity index (χ2v) is 20.9. The molecule has 0 spiro atoms. The molecule has 6 saturated carbocycles. The van der Waals surface area contributed by atoms with E-state index >= 15 is 0 Å². The van der Waals surface area contributed by atoms with Gasteiger partial charge in [0.25, 0.3) is 0 Å². The van der Waals surface area contributed by atoms with Gasteiger partial charge in [0.15, 0.2) is 0 Å². The molecule has 61 heavy (non-hydrogen) atoms. The predicted molar refractivity (Wildman–Crippen MR) is 244 cm³/mol. The SMILES string of the molecule is C1CCOC1.C=C1CC[C@H]2[C@H](CN)[C@@H]([C@@]3(C)CC[C@H](O)C[C@@H]3CO)CC[C@]12C.C=C1CC[C@H]2[C@H](CNC(=O)NCC)[C@@H]([C@@]3(C)CC[C@H](O)C[C@@H]3CO)CC[C@]12C.CCN=C=O. The fourth-order valence-electron chi connectivity index (χ4n) is 14.0. The molecule has 2 amide bonds. The lowest BCUT2D eigenvalue weighted by Gasteiger charge is -2.56. The van der Waals surface area contributed by atoms with Gasteiger partial charge in [-0.2, -0.15) is 0 Å². The van der Waals surface area contributed by atoms with Gasteiger partial charge < -0.3 is 41.5 Å². The van der Waals surface area contributed by atoms with Gasteiger partial charge in [0, 0.05) is 46.1 Å². The first-order valence-electron chi connectivity index (χ1n) is 24.3. The normalized spacial score (nSPS) is 41.6. The van der Waals surface area contributed by atoms with Crippen LogP contribution in [0.5, 0.6) is 0 Å². The fourth-order valence-corrected chi connectivity index (χ4v) is 14.0. The van der Waals surface area contributed by atoms with E-state index in [0.29, 0.717) is 61.6 Å². The highest BCUT2D eigenvalue weighted by molar-refractivity contribution is 5.73. The van der Waals surface area contributed by atoms with Gasteiger partial charge >= 0.3 is 6.03 Å². The molecule has 0 aromatic carbocycles. The van der Waals surface area contributed by atoms with Crippen LogP contribution in [0.1, 0.15) is 144 Å². The number of aliphatic imine (C=N–C) groups is 1. The van der Waals surface area contributed by atoms with Crippen molar-refractivity contribution in [3.05, 3.63) is 24.3 Å². The number of nitrogens with one attached hydrogen (secondary N) is 2. The Morgan fingerprint density at radius 1 is 0.754 bits per heavy atom. The first-order chi connectivity index (χ1) is 29.0. The lowest BCUT2D eigenvalue weighted by atomic mass is 9.49. The summed E-state index contributed by atoms with van der Waals surface area (Å²) in [5.41, 5.74) is 9.67. The zero-order valence-corrected chi connectivity index (χ0v) is 39.2. The summed E-state index contributed by atoms with van der Waals surface area (Å²) in [6, 6.07) is -0.0896. The summed E-state index contributed by atoms with van der Waals surface area (Å²) in [6.07, 6.45) is 17.8. The standard InChI is InChI=1S/C23H40N2O3.C20H35NO2.C4H8O.C3H5NO/c1-5-24-21(28)25-13-18-19-7-6-15(2)22(19,3)11-9-20(18)23(4)10-8-17(27)12-16(23)14-26;1-13-4-5-17-16(11-21)18(7-9-19(13,17)2)20(3)8-6-15(23)10-14(20)12-22;1-2-4-5-3-1;1-2-4-3-5/h16-20,26-27H,2,5-14H2,1,3-4H3,(H2,24,25,28);14-18,22-23H,1,4-12,21H2,2-3H3;1-4H2;2H2,1H3/t16-,17+,18+,19+,20+,22-,23+;14-,15+,16+,17+,18+,19-,20+;;/m11../s1. The van der Waals surface area contributed by atoms with Crippen molar-refractivity contribution >= 4 is 12.1 Å². The molecular weight excluding hydrogens is 769 g/mol. The van der Waals surface area contributed by atoms with Crippen LogP contribution in [0, 0.1) is 69.0 Å².